The van der Waals surface area contributed by atoms with Gasteiger partial charge in [0.15, 0.2) is 0 Å². The van der Waals surface area contributed by atoms with Gasteiger partial charge in [0.2, 0.25) is 0 Å². The Hall–Kier alpha value is -2.19. The first-order valence-corrected chi connectivity index (χ1v) is 16.0. The maximum absolute atomic E-state index is 6.12. The van der Waals surface area contributed by atoms with Crippen molar-refractivity contribution in [3.63, 3.8) is 0 Å². The lowest BCUT2D eigenvalue weighted by atomic mass is 10.1. The van der Waals surface area contributed by atoms with Gasteiger partial charge in [-0.2, -0.15) is 0 Å². The molecule has 0 saturated heterocycles. The monoisotopic (exact) mass is 687 g/mol. The standard InChI is InChI=1S/C30H27Cl6N3O3/c31-10-22-4-28(5-23(11-32)37-22)40-16-19-1-20(17-41-29-6-24(12-33)38-25(7-29)13-34)3-21(2-19)18-42-30-8-26(14-35)39-27(9-30)15-36/h1-9H,10-18H2. The van der Waals surface area contributed by atoms with Gasteiger partial charge in [-0.1, -0.05) is 0 Å². The van der Waals surface area contributed by atoms with Crippen molar-refractivity contribution in [2.24, 2.45) is 0 Å². The zero-order valence-electron chi connectivity index (χ0n) is 22.4. The van der Waals surface area contributed by atoms with Gasteiger partial charge in [-0.05, 0) is 34.9 Å². The van der Waals surface area contributed by atoms with E-state index in [0.29, 0.717) is 71.2 Å². The first-order chi connectivity index (χ1) is 20.4. The number of ether oxygens (including phenoxy) is 3. The number of benzene rings is 1. The molecule has 6 nitrogen and oxygen atoms in total. The Morgan fingerprint density at radius 3 is 0.762 bits per heavy atom. The highest BCUT2D eigenvalue weighted by molar-refractivity contribution is 6.18. The molecule has 4 rings (SSSR count). The van der Waals surface area contributed by atoms with Crippen molar-refractivity contribution >= 4 is 69.6 Å². The second-order valence-electron chi connectivity index (χ2n) is 9.18. The van der Waals surface area contributed by atoms with Gasteiger partial charge in [0.25, 0.3) is 0 Å². The van der Waals surface area contributed by atoms with Crippen LogP contribution < -0.4 is 14.2 Å². The van der Waals surface area contributed by atoms with Crippen molar-refractivity contribution in [1.82, 2.24) is 15.0 Å². The summed E-state index contributed by atoms with van der Waals surface area (Å²) in [5.41, 5.74) is 6.90. The summed E-state index contributed by atoms with van der Waals surface area (Å²) in [4.78, 5) is 13.2. The third-order valence-corrected chi connectivity index (χ3v) is 7.51. The highest BCUT2D eigenvalue weighted by Crippen LogP contribution is 2.24. The lowest BCUT2D eigenvalue weighted by Gasteiger charge is -2.14. The molecule has 0 saturated carbocycles. The summed E-state index contributed by atoms with van der Waals surface area (Å²) in [6, 6.07) is 16.9. The molecule has 0 radical (unpaired) electrons. The van der Waals surface area contributed by atoms with Crippen molar-refractivity contribution in [3.05, 3.63) is 105 Å². The molecule has 0 N–H and O–H groups in total. The van der Waals surface area contributed by atoms with Crippen molar-refractivity contribution < 1.29 is 14.2 Å². The molecule has 3 heterocycles. The Bertz CT molecular complexity index is 1240. The van der Waals surface area contributed by atoms with E-state index in [2.05, 4.69) is 15.0 Å². The predicted molar refractivity (Wildman–Crippen MR) is 169 cm³/mol. The second kappa shape index (κ2) is 16.6. The predicted octanol–water partition coefficient (Wildman–Crippen LogP) is 9.04. The van der Waals surface area contributed by atoms with Crippen LogP contribution in [0, 0.1) is 0 Å². The summed E-state index contributed by atoms with van der Waals surface area (Å²) in [5.74, 6) is 3.44. The molecule has 0 fully saturated rings. The van der Waals surface area contributed by atoms with E-state index in [0.717, 1.165) is 16.7 Å². The lowest BCUT2D eigenvalue weighted by Crippen LogP contribution is -2.05. The van der Waals surface area contributed by atoms with Gasteiger partial charge >= 0.3 is 0 Å². The average Bonchev–Trinajstić information content (AvgIpc) is 3.04. The van der Waals surface area contributed by atoms with Gasteiger partial charge in [-0.3, -0.25) is 15.0 Å². The van der Waals surface area contributed by atoms with Crippen molar-refractivity contribution in [3.8, 4) is 17.2 Å². The number of hydrogen-bond donors (Lipinski definition) is 0. The summed E-state index contributed by atoms with van der Waals surface area (Å²) in [6.07, 6.45) is 0. The molecule has 12 heteroatoms. The van der Waals surface area contributed by atoms with Gasteiger partial charge in [0.1, 0.15) is 37.1 Å². The lowest BCUT2D eigenvalue weighted by molar-refractivity contribution is 0.292. The molecule has 0 aliphatic heterocycles. The Labute approximate surface area is 275 Å². The number of halogens is 6. The van der Waals surface area contributed by atoms with Crippen LogP contribution in [0.25, 0.3) is 0 Å². The smallest absolute Gasteiger partial charge is 0.123 e. The normalized spacial score (nSPS) is 11.0. The largest absolute Gasteiger partial charge is 0.489 e. The van der Waals surface area contributed by atoms with Gasteiger partial charge < -0.3 is 14.2 Å². The minimum Gasteiger partial charge on any atom is -0.489 e. The fraction of sp³-hybridized carbons (Fsp3) is 0.300. The van der Waals surface area contributed by atoms with Crippen molar-refractivity contribution in [2.75, 3.05) is 0 Å². The SMILES string of the molecule is ClCc1cc(OCc2cc(COc3cc(CCl)nc(CCl)c3)cc(COc3cc(CCl)nc(CCl)c3)c2)cc(CCl)n1. The number of rotatable bonds is 15. The van der Waals surface area contributed by atoms with E-state index in [1.54, 1.807) is 36.4 Å². The molecule has 0 bridgehead atoms. The molecule has 1 aromatic carbocycles. The van der Waals surface area contributed by atoms with E-state index in [-0.39, 0.29) is 35.3 Å². The topological polar surface area (TPSA) is 66.4 Å². The van der Waals surface area contributed by atoms with E-state index >= 15 is 0 Å². The number of nitrogens with zero attached hydrogens (tertiary/aromatic N) is 3. The minimum atomic E-state index is 0.257. The number of hydrogen-bond acceptors (Lipinski definition) is 6. The summed E-state index contributed by atoms with van der Waals surface area (Å²) < 4.78 is 18.4. The van der Waals surface area contributed by atoms with E-state index in [9.17, 15) is 0 Å². The zero-order chi connectivity index (χ0) is 29.9. The van der Waals surface area contributed by atoms with Gasteiger partial charge in [0.05, 0.1) is 69.4 Å². The fourth-order valence-corrected chi connectivity index (χ4v) is 4.93. The molecule has 222 valence electrons. The van der Waals surface area contributed by atoms with Gasteiger partial charge in [0, 0.05) is 36.4 Å². The molecule has 0 atom stereocenters. The summed E-state index contributed by atoms with van der Waals surface area (Å²) in [7, 11) is 0. The molecular formula is C30H27Cl6N3O3. The van der Waals surface area contributed by atoms with Crippen LogP contribution in [0.1, 0.15) is 50.9 Å². The van der Waals surface area contributed by atoms with Crippen LogP contribution in [-0.2, 0) is 55.1 Å². The number of aromatic nitrogens is 3. The van der Waals surface area contributed by atoms with Crippen molar-refractivity contribution in [1.29, 1.82) is 0 Å². The van der Waals surface area contributed by atoms with Gasteiger partial charge in [-0.15, -0.1) is 69.6 Å². The highest BCUT2D eigenvalue weighted by atomic mass is 35.5. The molecule has 0 amide bonds. The molecule has 42 heavy (non-hydrogen) atoms. The Morgan fingerprint density at radius 1 is 0.357 bits per heavy atom. The van der Waals surface area contributed by atoms with Crippen LogP contribution in [-0.4, -0.2) is 15.0 Å². The zero-order valence-corrected chi connectivity index (χ0v) is 26.9. The molecule has 0 aliphatic rings. The van der Waals surface area contributed by atoms with Crippen LogP contribution in [0.15, 0.2) is 54.6 Å². The van der Waals surface area contributed by atoms with Gasteiger partial charge in [-0.25, -0.2) is 0 Å². The quantitative estimate of drug-likeness (QED) is 0.116. The molecule has 0 unspecified atom stereocenters. The molecule has 3 aromatic heterocycles. The Balaban J connectivity index is 1.57. The van der Waals surface area contributed by atoms with Crippen LogP contribution in [0.5, 0.6) is 17.2 Å². The second-order valence-corrected chi connectivity index (χ2v) is 10.8. The van der Waals surface area contributed by atoms with E-state index < -0.39 is 0 Å². The van der Waals surface area contributed by atoms with E-state index in [1.807, 2.05) is 18.2 Å². The first kappa shape index (κ1) is 32.7. The van der Waals surface area contributed by atoms with Crippen molar-refractivity contribution in [2.45, 2.75) is 55.1 Å². The number of alkyl halides is 6. The number of pyridine rings is 3. The Morgan fingerprint density at radius 2 is 0.571 bits per heavy atom. The Kier molecular flexibility index (Phi) is 12.9. The van der Waals surface area contributed by atoms with Crippen LogP contribution in [0.4, 0.5) is 0 Å². The highest BCUT2D eigenvalue weighted by Gasteiger charge is 2.10. The van der Waals surface area contributed by atoms with Crippen LogP contribution in [0.3, 0.4) is 0 Å². The molecule has 0 spiro atoms. The third-order valence-electron chi connectivity index (χ3n) is 5.87. The average molecular weight is 690 g/mol. The van der Waals surface area contributed by atoms with Crippen LogP contribution >= 0.6 is 69.6 Å². The van der Waals surface area contributed by atoms with Crippen LogP contribution in [0.2, 0.25) is 0 Å². The summed E-state index contributed by atoms with van der Waals surface area (Å²) in [5, 5.41) is 0. The maximum Gasteiger partial charge on any atom is 0.123 e. The minimum absolute atomic E-state index is 0.257. The fourth-order valence-electron chi connectivity index (χ4n) is 4.11. The summed E-state index contributed by atoms with van der Waals surface area (Å²) in [6.45, 7) is 0.870. The maximum atomic E-state index is 6.12. The molecular weight excluding hydrogens is 663 g/mol. The molecule has 0 aliphatic carbocycles. The van der Waals surface area contributed by atoms with E-state index in [4.69, 9.17) is 83.8 Å². The third kappa shape index (κ3) is 9.66. The molecule has 4 aromatic rings. The first-order valence-electron chi connectivity index (χ1n) is 12.8. The summed E-state index contributed by atoms with van der Waals surface area (Å²) >= 11 is 36.0. The van der Waals surface area contributed by atoms with E-state index in [1.165, 1.54) is 0 Å².